The molecule has 0 atom stereocenters. The first-order valence-electron chi connectivity index (χ1n) is 9.48. The molecule has 0 spiro atoms. The van der Waals surface area contributed by atoms with Crippen molar-refractivity contribution in [3.8, 4) is 5.75 Å². The van der Waals surface area contributed by atoms with Gasteiger partial charge in [-0.1, -0.05) is 19.8 Å². The number of unbranched alkanes of at least 4 members (excludes halogenated alkanes) is 2. The van der Waals surface area contributed by atoms with Crippen molar-refractivity contribution < 1.29 is 23.9 Å². The van der Waals surface area contributed by atoms with E-state index in [0.717, 1.165) is 19.3 Å². The standard InChI is InChI=1S/C20H28N2O5/c1-2-3-4-13-26-17-7-5-16(6-8-17)20(25)27-14-18(23)22-11-9-15(10-12-22)19(21)24/h5-8,15H,2-4,9-14H2,1H3,(H2,21,24). The van der Waals surface area contributed by atoms with Crippen molar-refractivity contribution in [2.75, 3.05) is 26.3 Å². The number of carbonyl (C=O) groups is 3. The van der Waals surface area contributed by atoms with Crippen LogP contribution in [0, 0.1) is 5.92 Å². The van der Waals surface area contributed by atoms with E-state index >= 15 is 0 Å². The second-order valence-electron chi connectivity index (χ2n) is 6.71. The van der Waals surface area contributed by atoms with Crippen LogP contribution in [0.15, 0.2) is 24.3 Å². The first-order chi connectivity index (χ1) is 13.0. The van der Waals surface area contributed by atoms with Crippen molar-refractivity contribution in [3.63, 3.8) is 0 Å². The second kappa shape index (κ2) is 10.5. The van der Waals surface area contributed by atoms with Gasteiger partial charge >= 0.3 is 5.97 Å². The lowest BCUT2D eigenvalue weighted by molar-refractivity contribution is -0.137. The zero-order valence-electron chi connectivity index (χ0n) is 15.8. The predicted octanol–water partition coefficient (Wildman–Crippen LogP) is 2.14. The van der Waals surface area contributed by atoms with Gasteiger partial charge in [0.2, 0.25) is 5.91 Å². The van der Waals surface area contributed by atoms with Crippen molar-refractivity contribution in [1.82, 2.24) is 4.90 Å². The molecule has 2 N–H and O–H groups in total. The smallest absolute Gasteiger partial charge is 0.338 e. The highest BCUT2D eigenvalue weighted by Gasteiger charge is 2.26. The minimum atomic E-state index is -0.548. The number of esters is 1. The predicted molar refractivity (Wildman–Crippen MR) is 100 cm³/mol. The quantitative estimate of drug-likeness (QED) is 0.526. The molecule has 0 unspecified atom stereocenters. The summed E-state index contributed by atoms with van der Waals surface area (Å²) >= 11 is 0. The minimum Gasteiger partial charge on any atom is -0.494 e. The summed E-state index contributed by atoms with van der Waals surface area (Å²) in [6.07, 6.45) is 4.36. The van der Waals surface area contributed by atoms with E-state index < -0.39 is 5.97 Å². The average molecular weight is 376 g/mol. The van der Waals surface area contributed by atoms with Crippen LogP contribution in [-0.2, 0) is 14.3 Å². The fourth-order valence-electron chi connectivity index (χ4n) is 2.94. The molecule has 7 heteroatoms. The van der Waals surface area contributed by atoms with Gasteiger partial charge in [-0.25, -0.2) is 4.79 Å². The van der Waals surface area contributed by atoms with Crippen molar-refractivity contribution >= 4 is 17.8 Å². The first kappa shape index (κ1) is 20.7. The molecule has 0 aromatic heterocycles. The van der Waals surface area contributed by atoms with Crippen LogP contribution in [0.4, 0.5) is 0 Å². The van der Waals surface area contributed by atoms with Gasteiger partial charge in [-0.05, 0) is 43.5 Å². The Labute approximate surface area is 159 Å². The molecule has 1 heterocycles. The summed E-state index contributed by atoms with van der Waals surface area (Å²) in [6.45, 7) is 3.38. The highest BCUT2D eigenvalue weighted by Crippen LogP contribution is 2.17. The number of likely N-dealkylation sites (tertiary alicyclic amines) is 1. The Kier molecular flexibility index (Phi) is 8.10. The monoisotopic (exact) mass is 376 g/mol. The Hall–Kier alpha value is -2.57. The summed E-state index contributed by atoms with van der Waals surface area (Å²) in [7, 11) is 0. The Bertz CT molecular complexity index is 636. The summed E-state index contributed by atoms with van der Waals surface area (Å²) in [4.78, 5) is 37.0. The summed E-state index contributed by atoms with van der Waals surface area (Å²) in [5.41, 5.74) is 5.65. The van der Waals surface area contributed by atoms with Gasteiger partial charge in [-0.15, -0.1) is 0 Å². The number of amides is 2. The molecule has 7 nitrogen and oxygen atoms in total. The summed E-state index contributed by atoms with van der Waals surface area (Å²) in [6, 6.07) is 6.69. The Morgan fingerprint density at radius 3 is 2.37 bits per heavy atom. The molecule has 0 aliphatic carbocycles. The molecule has 148 valence electrons. The number of hydrogen-bond acceptors (Lipinski definition) is 5. The molecule has 0 bridgehead atoms. The molecular formula is C20H28N2O5. The van der Waals surface area contributed by atoms with E-state index in [1.165, 1.54) is 0 Å². The van der Waals surface area contributed by atoms with Gasteiger partial charge in [-0.2, -0.15) is 0 Å². The molecule has 1 aromatic carbocycles. The maximum atomic E-state index is 12.1. The van der Waals surface area contributed by atoms with Crippen LogP contribution < -0.4 is 10.5 Å². The van der Waals surface area contributed by atoms with Gasteiger partial charge in [0.1, 0.15) is 5.75 Å². The van der Waals surface area contributed by atoms with Crippen LogP contribution in [-0.4, -0.2) is 49.0 Å². The largest absolute Gasteiger partial charge is 0.494 e. The number of nitrogens with two attached hydrogens (primary N) is 1. The van der Waals surface area contributed by atoms with Crippen LogP contribution in [0.25, 0.3) is 0 Å². The molecule has 0 radical (unpaired) electrons. The number of carbonyl (C=O) groups excluding carboxylic acids is 3. The topological polar surface area (TPSA) is 98.9 Å². The van der Waals surface area contributed by atoms with Crippen molar-refractivity contribution in [2.45, 2.75) is 39.0 Å². The van der Waals surface area contributed by atoms with Gasteiger partial charge in [0.05, 0.1) is 12.2 Å². The molecule has 1 aromatic rings. The second-order valence-corrected chi connectivity index (χ2v) is 6.71. The molecular weight excluding hydrogens is 348 g/mol. The third kappa shape index (κ3) is 6.58. The molecule has 0 saturated carbocycles. The molecule has 1 aliphatic heterocycles. The fourth-order valence-corrected chi connectivity index (χ4v) is 2.94. The first-order valence-corrected chi connectivity index (χ1v) is 9.48. The Balaban J connectivity index is 1.73. The highest BCUT2D eigenvalue weighted by atomic mass is 16.5. The lowest BCUT2D eigenvalue weighted by Crippen LogP contribution is -2.43. The maximum Gasteiger partial charge on any atom is 0.338 e. The number of primary amides is 1. The fraction of sp³-hybridized carbons (Fsp3) is 0.550. The molecule has 27 heavy (non-hydrogen) atoms. The molecule has 2 amide bonds. The van der Waals surface area contributed by atoms with Crippen molar-refractivity contribution in [3.05, 3.63) is 29.8 Å². The van der Waals surface area contributed by atoms with Crippen LogP contribution in [0.5, 0.6) is 5.75 Å². The molecule has 1 aliphatic rings. The van der Waals surface area contributed by atoms with Crippen LogP contribution in [0.2, 0.25) is 0 Å². The zero-order chi connectivity index (χ0) is 19.6. The normalized spacial score (nSPS) is 14.6. The number of rotatable bonds is 9. The van der Waals surface area contributed by atoms with E-state index in [-0.39, 0.29) is 24.3 Å². The molecule has 1 saturated heterocycles. The van der Waals surface area contributed by atoms with Crippen molar-refractivity contribution in [2.24, 2.45) is 11.7 Å². The third-order valence-electron chi connectivity index (χ3n) is 4.68. The van der Waals surface area contributed by atoms with Crippen LogP contribution >= 0.6 is 0 Å². The van der Waals surface area contributed by atoms with Crippen LogP contribution in [0.3, 0.4) is 0 Å². The van der Waals surface area contributed by atoms with Gasteiger partial charge in [-0.3, -0.25) is 9.59 Å². The van der Waals surface area contributed by atoms with Gasteiger partial charge in [0, 0.05) is 19.0 Å². The van der Waals surface area contributed by atoms with E-state index in [1.54, 1.807) is 29.2 Å². The van der Waals surface area contributed by atoms with Crippen molar-refractivity contribution in [1.29, 1.82) is 0 Å². The number of nitrogens with zero attached hydrogens (tertiary/aromatic N) is 1. The number of piperidine rings is 1. The average Bonchev–Trinajstić information content (AvgIpc) is 2.69. The van der Waals surface area contributed by atoms with Gasteiger partial charge < -0.3 is 20.1 Å². The summed E-state index contributed by atoms with van der Waals surface area (Å²) in [5.74, 6) is -0.614. The summed E-state index contributed by atoms with van der Waals surface area (Å²) < 4.78 is 10.7. The maximum absolute atomic E-state index is 12.1. The number of ether oxygens (including phenoxy) is 2. The Morgan fingerprint density at radius 2 is 1.78 bits per heavy atom. The van der Waals surface area contributed by atoms with E-state index in [1.807, 2.05) is 0 Å². The lowest BCUT2D eigenvalue weighted by Gasteiger charge is -2.30. The minimum absolute atomic E-state index is 0.181. The SMILES string of the molecule is CCCCCOc1ccc(C(=O)OCC(=O)N2CCC(C(N)=O)CC2)cc1. The van der Waals surface area contributed by atoms with E-state index in [9.17, 15) is 14.4 Å². The summed E-state index contributed by atoms with van der Waals surface area (Å²) in [5, 5.41) is 0. The van der Waals surface area contributed by atoms with E-state index in [2.05, 4.69) is 6.92 Å². The number of benzene rings is 1. The zero-order valence-corrected chi connectivity index (χ0v) is 15.8. The van der Waals surface area contributed by atoms with E-state index in [4.69, 9.17) is 15.2 Å². The van der Waals surface area contributed by atoms with E-state index in [0.29, 0.717) is 43.9 Å². The molecule has 2 rings (SSSR count). The van der Waals surface area contributed by atoms with Crippen LogP contribution in [0.1, 0.15) is 49.4 Å². The highest BCUT2D eigenvalue weighted by molar-refractivity contribution is 5.91. The lowest BCUT2D eigenvalue weighted by atomic mass is 9.96. The Morgan fingerprint density at radius 1 is 1.11 bits per heavy atom. The van der Waals surface area contributed by atoms with Gasteiger partial charge in [0.15, 0.2) is 6.61 Å². The van der Waals surface area contributed by atoms with Gasteiger partial charge in [0.25, 0.3) is 5.91 Å². The third-order valence-corrected chi connectivity index (χ3v) is 4.68. The molecule has 1 fully saturated rings. The number of hydrogen-bond donors (Lipinski definition) is 1.